The highest BCUT2D eigenvalue weighted by atomic mass is 19.3. The van der Waals surface area contributed by atoms with Gasteiger partial charge in [-0.05, 0) is 6.92 Å². The predicted octanol–water partition coefficient (Wildman–Crippen LogP) is 1.83. The first-order chi connectivity index (χ1) is 6.61. The van der Waals surface area contributed by atoms with E-state index in [1.54, 1.807) is 6.92 Å². The fourth-order valence-electron chi connectivity index (χ4n) is 1.24. The first-order valence-corrected chi connectivity index (χ1v) is 4.03. The number of methoxy groups -OCH3 is 1. The van der Waals surface area contributed by atoms with Gasteiger partial charge in [-0.1, -0.05) is 0 Å². The minimum atomic E-state index is -2.62. The molecule has 1 aromatic rings. The van der Waals surface area contributed by atoms with Gasteiger partial charge in [-0.3, -0.25) is 4.98 Å². The number of aliphatic hydroxyl groups is 1. The summed E-state index contributed by atoms with van der Waals surface area (Å²) in [6.45, 7) is 1.30. The lowest BCUT2D eigenvalue weighted by molar-refractivity contribution is 0.146. The molecule has 0 atom stereocenters. The lowest BCUT2D eigenvalue weighted by Gasteiger charge is -2.12. The standard InChI is InChI=1S/C9H11F2NO2/c1-5-7(4-13)12-3-6(9(10)11)8(5)14-2/h3,9,13H,4H2,1-2H3. The summed E-state index contributed by atoms with van der Waals surface area (Å²) >= 11 is 0. The van der Waals surface area contributed by atoms with Crippen molar-refractivity contribution < 1.29 is 18.6 Å². The van der Waals surface area contributed by atoms with Crippen molar-refractivity contribution in [2.45, 2.75) is 20.0 Å². The van der Waals surface area contributed by atoms with Crippen molar-refractivity contribution in [1.29, 1.82) is 0 Å². The Balaban J connectivity index is 3.28. The van der Waals surface area contributed by atoms with Crippen LogP contribution >= 0.6 is 0 Å². The molecule has 5 heteroatoms. The van der Waals surface area contributed by atoms with E-state index >= 15 is 0 Å². The molecule has 1 N–H and O–H groups in total. The number of rotatable bonds is 3. The van der Waals surface area contributed by atoms with Crippen molar-refractivity contribution in [3.8, 4) is 5.75 Å². The van der Waals surface area contributed by atoms with Gasteiger partial charge in [-0.25, -0.2) is 8.78 Å². The molecule has 1 heterocycles. The average Bonchev–Trinajstić information content (AvgIpc) is 2.17. The van der Waals surface area contributed by atoms with Gasteiger partial charge in [-0.2, -0.15) is 0 Å². The molecule has 0 unspecified atom stereocenters. The molecular weight excluding hydrogens is 192 g/mol. The third-order valence-electron chi connectivity index (χ3n) is 1.98. The number of hydrogen-bond donors (Lipinski definition) is 1. The quantitative estimate of drug-likeness (QED) is 0.814. The van der Waals surface area contributed by atoms with Crippen molar-refractivity contribution in [1.82, 2.24) is 4.98 Å². The minimum absolute atomic E-state index is 0.0963. The second kappa shape index (κ2) is 4.32. The van der Waals surface area contributed by atoms with Gasteiger partial charge >= 0.3 is 0 Å². The monoisotopic (exact) mass is 203 g/mol. The van der Waals surface area contributed by atoms with E-state index in [9.17, 15) is 8.78 Å². The van der Waals surface area contributed by atoms with E-state index in [-0.39, 0.29) is 17.9 Å². The van der Waals surface area contributed by atoms with Crippen LogP contribution in [0, 0.1) is 6.92 Å². The van der Waals surface area contributed by atoms with E-state index in [0.717, 1.165) is 6.20 Å². The van der Waals surface area contributed by atoms with Crippen molar-refractivity contribution in [2.75, 3.05) is 7.11 Å². The Kier molecular flexibility index (Phi) is 3.35. The topological polar surface area (TPSA) is 42.4 Å². The molecule has 0 saturated heterocycles. The van der Waals surface area contributed by atoms with Gasteiger partial charge in [-0.15, -0.1) is 0 Å². The maximum absolute atomic E-state index is 12.4. The van der Waals surface area contributed by atoms with Crippen LogP contribution in [0.5, 0.6) is 5.75 Å². The number of nitrogens with zero attached hydrogens (tertiary/aromatic N) is 1. The Morgan fingerprint density at radius 3 is 2.64 bits per heavy atom. The normalized spacial score (nSPS) is 10.7. The highest BCUT2D eigenvalue weighted by Gasteiger charge is 2.18. The van der Waals surface area contributed by atoms with Crippen LogP contribution in [0.1, 0.15) is 23.2 Å². The number of pyridine rings is 1. The summed E-state index contributed by atoms with van der Waals surface area (Å²) in [6.07, 6.45) is -1.59. The van der Waals surface area contributed by atoms with E-state index in [0.29, 0.717) is 11.3 Å². The van der Waals surface area contributed by atoms with Crippen LogP contribution in [0.3, 0.4) is 0 Å². The summed E-state index contributed by atoms with van der Waals surface area (Å²) in [5.74, 6) is 0.0963. The minimum Gasteiger partial charge on any atom is -0.496 e. The van der Waals surface area contributed by atoms with Crippen LogP contribution < -0.4 is 4.74 Å². The predicted molar refractivity (Wildman–Crippen MR) is 46.4 cm³/mol. The Morgan fingerprint density at radius 1 is 1.57 bits per heavy atom. The van der Waals surface area contributed by atoms with Gasteiger partial charge in [0, 0.05) is 11.8 Å². The molecule has 0 radical (unpaired) electrons. The van der Waals surface area contributed by atoms with E-state index in [1.807, 2.05) is 0 Å². The Hall–Kier alpha value is -1.23. The molecule has 1 rings (SSSR count). The average molecular weight is 203 g/mol. The number of ether oxygens (including phenoxy) is 1. The number of halogens is 2. The van der Waals surface area contributed by atoms with Crippen LogP contribution in [0.2, 0.25) is 0 Å². The Morgan fingerprint density at radius 2 is 2.21 bits per heavy atom. The third-order valence-corrected chi connectivity index (χ3v) is 1.98. The lowest BCUT2D eigenvalue weighted by atomic mass is 10.1. The molecule has 0 aromatic carbocycles. The molecule has 0 spiro atoms. The molecule has 78 valence electrons. The summed E-state index contributed by atoms with van der Waals surface area (Å²) < 4.78 is 29.7. The highest BCUT2D eigenvalue weighted by Crippen LogP contribution is 2.32. The molecule has 0 bridgehead atoms. The molecule has 3 nitrogen and oxygen atoms in total. The van der Waals surface area contributed by atoms with Crippen LogP contribution in [-0.2, 0) is 6.61 Å². The van der Waals surface area contributed by atoms with Gasteiger partial charge in [0.1, 0.15) is 5.75 Å². The van der Waals surface area contributed by atoms with E-state index < -0.39 is 6.43 Å². The van der Waals surface area contributed by atoms with Gasteiger partial charge in [0.15, 0.2) is 0 Å². The molecule has 0 amide bonds. The first-order valence-electron chi connectivity index (χ1n) is 4.03. The van der Waals surface area contributed by atoms with Crippen LogP contribution in [0.4, 0.5) is 8.78 Å². The van der Waals surface area contributed by atoms with Crippen molar-refractivity contribution >= 4 is 0 Å². The van der Waals surface area contributed by atoms with Crippen LogP contribution in [-0.4, -0.2) is 17.2 Å². The summed E-state index contributed by atoms with van der Waals surface area (Å²) in [7, 11) is 1.31. The zero-order valence-electron chi connectivity index (χ0n) is 7.92. The second-order valence-electron chi connectivity index (χ2n) is 2.78. The lowest BCUT2D eigenvalue weighted by Crippen LogP contribution is -2.02. The largest absolute Gasteiger partial charge is 0.496 e. The number of aromatic nitrogens is 1. The van der Waals surface area contributed by atoms with E-state index in [2.05, 4.69) is 4.98 Å². The number of hydrogen-bond acceptors (Lipinski definition) is 3. The molecule has 0 aliphatic rings. The number of aliphatic hydroxyl groups excluding tert-OH is 1. The van der Waals surface area contributed by atoms with E-state index in [1.165, 1.54) is 7.11 Å². The summed E-state index contributed by atoms with van der Waals surface area (Å²) in [5.41, 5.74) is 0.557. The second-order valence-corrected chi connectivity index (χ2v) is 2.78. The van der Waals surface area contributed by atoms with E-state index in [4.69, 9.17) is 9.84 Å². The van der Waals surface area contributed by atoms with Crippen molar-refractivity contribution in [3.05, 3.63) is 23.0 Å². The van der Waals surface area contributed by atoms with Crippen LogP contribution in [0.25, 0.3) is 0 Å². The van der Waals surface area contributed by atoms with Gasteiger partial charge < -0.3 is 9.84 Å². The number of alkyl halides is 2. The molecule has 1 aromatic heterocycles. The highest BCUT2D eigenvalue weighted by molar-refractivity contribution is 5.42. The van der Waals surface area contributed by atoms with Crippen molar-refractivity contribution in [2.24, 2.45) is 0 Å². The van der Waals surface area contributed by atoms with Crippen molar-refractivity contribution in [3.63, 3.8) is 0 Å². The van der Waals surface area contributed by atoms with Crippen LogP contribution in [0.15, 0.2) is 6.20 Å². The Bertz CT molecular complexity index is 329. The molecule has 0 aliphatic heterocycles. The molecular formula is C9H11F2NO2. The smallest absolute Gasteiger partial charge is 0.268 e. The summed E-state index contributed by atoms with van der Waals surface area (Å²) in [4.78, 5) is 3.72. The molecule has 14 heavy (non-hydrogen) atoms. The van der Waals surface area contributed by atoms with Gasteiger partial charge in [0.2, 0.25) is 0 Å². The summed E-state index contributed by atoms with van der Waals surface area (Å²) in [5, 5.41) is 8.86. The SMILES string of the molecule is COc1c(C(F)F)cnc(CO)c1C. The molecule has 0 aliphatic carbocycles. The van der Waals surface area contributed by atoms with Gasteiger partial charge in [0.05, 0.1) is 25.0 Å². The van der Waals surface area contributed by atoms with Gasteiger partial charge in [0.25, 0.3) is 6.43 Å². The Labute approximate surface area is 80.3 Å². The summed E-state index contributed by atoms with van der Waals surface area (Å²) in [6, 6.07) is 0. The fourth-order valence-corrected chi connectivity index (χ4v) is 1.24. The fraction of sp³-hybridized carbons (Fsp3) is 0.444. The maximum Gasteiger partial charge on any atom is 0.268 e. The maximum atomic E-state index is 12.4. The zero-order valence-corrected chi connectivity index (χ0v) is 7.92. The first kappa shape index (κ1) is 10.8. The third kappa shape index (κ3) is 1.82. The zero-order chi connectivity index (χ0) is 10.7. The molecule has 0 saturated carbocycles. The molecule has 0 fully saturated rings.